The summed E-state index contributed by atoms with van der Waals surface area (Å²) >= 11 is 0. The third-order valence-electron chi connectivity index (χ3n) is 22.4. The van der Waals surface area contributed by atoms with E-state index < -0.39 is 81.3 Å². The van der Waals surface area contributed by atoms with E-state index in [1.54, 1.807) is 24.3 Å². The number of esters is 2. The SMILES string of the molecule is CC(C)(C)OC(=O)c1cc(OCc2ccccc2)c2c(c1)N1C[C@H]3[C@H](N3C(c3ccccc3)(c3ccccc3)c3ccccc3)[C@]1(O)[C@]21COC(=O)O1.CC(C)(C)OC(=O)c1cc(OCc2ccccc2)c2c(c1)N1C[C@H]3[C@H](N3C(c3ccccc3)(c3ccccc3)c3ccccc3)[C@]1(O)[C@]21COC(=O)O1.CCOCC. The van der Waals surface area contributed by atoms with Crippen molar-refractivity contribution in [2.45, 2.75) is 138 Å². The summed E-state index contributed by atoms with van der Waals surface area (Å²) in [7, 11) is 0. The number of anilines is 2. The van der Waals surface area contributed by atoms with Crippen LogP contribution in [0.25, 0.3) is 0 Å². The van der Waals surface area contributed by atoms with Crippen LogP contribution in [0.3, 0.4) is 0 Å². The standard InChI is InChI=1S/2C44H40N2O7.C4H10O/c2*1-41(2,3)52-39(47)30-24-34-37(36(25-30)50-27-29-16-8-4-9-17-29)42(28-51-40(48)53-42)44(49)38-35(26-45(34)44)46(38)43(31-18-10-5-11-19-31,32-20-12-6-13-21-32)33-22-14-7-15-23-33;1-3-5-4-2/h2*4-25,35,38,49H,26-28H2,1-3H3;3-4H2,1-2H3/t2*35-,38-,42-,44-,46?;/m00./s1. The number of ether oxygens (including phenoxy) is 9. The highest BCUT2D eigenvalue weighted by Crippen LogP contribution is 2.71. The van der Waals surface area contributed by atoms with E-state index in [1.165, 1.54) is 0 Å². The Bertz CT molecular complexity index is 4570. The van der Waals surface area contributed by atoms with Crippen LogP contribution in [-0.4, -0.2) is 131 Å². The largest absolute Gasteiger partial charge is 0.509 e. The van der Waals surface area contributed by atoms with Gasteiger partial charge in [0, 0.05) is 38.4 Å². The van der Waals surface area contributed by atoms with Crippen molar-refractivity contribution in [2.75, 3.05) is 49.3 Å². The zero-order valence-electron chi connectivity index (χ0n) is 63.4. The number of benzene rings is 10. The molecule has 568 valence electrons. The van der Waals surface area contributed by atoms with Crippen molar-refractivity contribution in [1.82, 2.24) is 9.80 Å². The van der Waals surface area contributed by atoms with Crippen LogP contribution in [0.5, 0.6) is 11.5 Å². The third-order valence-corrected chi connectivity index (χ3v) is 22.4. The van der Waals surface area contributed by atoms with Gasteiger partial charge in [0.2, 0.25) is 22.7 Å². The van der Waals surface area contributed by atoms with Gasteiger partial charge in [0.25, 0.3) is 0 Å². The van der Waals surface area contributed by atoms with E-state index in [-0.39, 0.29) is 49.6 Å². The smallest absolute Gasteiger partial charge is 0.488 e. The number of aliphatic hydroxyl groups is 2. The molecule has 0 aromatic heterocycles. The Morgan fingerprint density at radius 3 is 0.946 bits per heavy atom. The molecule has 19 heteroatoms. The zero-order valence-corrected chi connectivity index (χ0v) is 63.4. The molecule has 6 saturated heterocycles. The van der Waals surface area contributed by atoms with Gasteiger partial charge in [-0.05, 0) is 124 Å². The van der Waals surface area contributed by atoms with Gasteiger partial charge in [-0.3, -0.25) is 9.80 Å². The Kier molecular flexibility index (Phi) is 19.0. The molecule has 2 spiro atoms. The monoisotopic (exact) mass is 1490 g/mol. The molecule has 2 unspecified atom stereocenters. The normalized spacial score (nSPS) is 24.5. The molecule has 0 bridgehead atoms. The Hall–Kier alpha value is -11.3. The summed E-state index contributed by atoms with van der Waals surface area (Å²) in [6, 6.07) is 86.4. The number of nitrogens with zero attached hydrogens (tertiary/aromatic N) is 4. The average molecular weight is 1490 g/mol. The second-order valence-corrected chi connectivity index (χ2v) is 31.1. The topological polar surface area (TPSA) is 204 Å². The van der Waals surface area contributed by atoms with Crippen molar-refractivity contribution >= 4 is 35.6 Å². The first-order valence-electron chi connectivity index (χ1n) is 37.9. The molecule has 8 aliphatic rings. The third kappa shape index (κ3) is 12.2. The fourth-order valence-corrected chi connectivity index (χ4v) is 18.1. The number of piperazine rings is 2. The number of carbonyl (C=O) groups is 4. The fourth-order valence-electron chi connectivity index (χ4n) is 18.1. The lowest BCUT2D eigenvalue weighted by atomic mass is 9.76. The predicted molar refractivity (Wildman–Crippen MR) is 417 cm³/mol. The Balaban J connectivity index is 0.000000159. The van der Waals surface area contributed by atoms with Gasteiger partial charge in [-0.1, -0.05) is 243 Å². The Labute approximate surface area is 646 Å². The van der Waals surface area contributed by atoms with E-state index in [4.69, 9.17) is 42.6 Å². The lowest BCUT2D eigenvalue weighted by molar-refractivity contribution is -0.134. The van der Waals surface area contributed by atoms with Crippen LogP contribution < -0.4 is 19.3 Å². The molecule has 111 heavy (non-hydrogen) atoms. The molecule has 19 nitrogen and oxygen atoms in total. The summed E-state index contributed by atoms with van der Waals surface area (Å²) in [5.41, 5.74) is 0.397. The summed E-state index contributed by atoms with van der Waals surface area (Å²) < 4.78 is 53.2. The molecule has 0 radical (unpaired) electrons. The van der Waals surface area contributed by atoms with Crippen LogP contribution in [0.15, 0.2) is 267 Å². The van der Waals surface area contributed by atoms with E-state index in [2.05, 4.69) is 82.6 Å². The molecule has 10 atom stereocenters. The number of cyclic esters (lactones) is 2. The van der Waals surface area contributed by atoms with Gasteiger partial charge in [-0.2, -0.15) is 0 Å². The molecule has 10 aromatic carbocycles. The van der Waals surface area contributed by atoms with E-state index in [0.717, 1.165) is 57.7 Å². The number of rotatable bonds is 18. The van der Waals surface area contributed by atoms with Gasteiger partial charge >= 0.3 is 24.2 Å². The first-order chi connectivity index (χ1) is 53.6. The van der Waals surface area contributed by atoms with Gasteiger partial charge in [0.1, 0.15) is 49.1 Å². The molecule has 8 aliphatic heterocycles. The Morgan fingerprint density at radius 1 is 0.423 bits per heavy atom. The summed E-state index contributed by atoms with van der Waals surface area (Å²) in [5.74, 6) is -0.456. The summed E-state index contributed by atoms with van der Waals surface area (Å²) in [6.45, 7) is 17.2. The minimum atomic E-state index is -1.81. The predicted octanol–water partition coefficient (Wildman–Crippen LogP) is 15.3. The van der Waals surface area contributed by atoms with Crippen molar-refractivity contribution in [3.63, 3.8) is 0 Å². The van der Waals surface area contributed by atoms with Crippen molar-refractivity contribution in [3.8, 4) is 11.5 Å². The first kappa shape index (κ1) is 73.8. The lowest BCUT2D eigenvalue weighted by Crippen LogP contribution is -2.63. The molecule has 10 aromatic rings. The highest BCUT2D eigenvalue weighted by molar-refractivity contribution is 5.95. The molecular weight excluding hydrogens is 1400 g/mol. The highest BCUT2D eigenvalue weighted by atomic mass is 16.8. The molecular formula is C92H90N4O15. The van der Waals surface area contributed by atoms with Crippen LogP contribution in [0.1, 0.15) is 132 Å². The Morgan fingerprint density at radius 2 is 0.703 bits per heavy atom. The molecule has 6 fully saturated rings. The molecule has 8 heterocycles. The van der Waals surface area contributed by atoms with E-state index in [9.17, 15) is 29.4 Å². The number of fused-ring (bicyclic) bond motifs is 14. The highest BCUT2D eigenvalue weighted by Gasteiger charge is 2.86. The molecule has 0 amide bonds. The van der Waals surface area contributed by atoms with Crippen LogP contribution >= 0.6 is 0 Å². The fraction of sp³-hybridized carbons (Fsp3) is 0.304. The van der Waals surface area contributed by atoms with Gasteiger partial charge in [-0.25, -0.2) is 19.2 Å². The van der Waals surface area contributed by atoms with Crippen LogP contribution in [0.2, 0.25) is 0 Å². The zero-order chi connectivity index (χ0) is 77.3. The maximum Gasteiger partial charge on any atom is 0.509 e. The van der Waals surface area contributed by atoms with Crippen molar-refractivity contribution in [2.24, 2.45) is 0 Å². The average Bonchev–Trinajstić information content (AvgIpc) is 1.46. The molecule has 0 aliphatic carbocycles. The number of hydrogen-bond acceptors (Lipinski definition) is 19. The van der Waals surface area contributed by atoms with Crippen LogP contribution in [0, 0.1) is 0 Å². The van der Waals surface area contributed by atoms with Crippen molar-refractivity contribution < 1.29 is 72.0 Å². The minimum absolute atomic E-state index is 0.172. The lowest BCUT2D eigenvalue weighted by Gasteiger charge is -2.45. The van der Waals surface area contributed by atoms with Gasteiger partial charge < -0.3 is 62.6 Å². The van der Waals surface area contributed by atoms with E-state index >= 15 is 0 Å². The summed E-state index contributed by atoms with van der Waals surface area (Å²) in [5, 5.41) is 27.2. The van der Waals surface area contributed by atoms with Gasteiger partial charge in [0.15, 0.2) is 0 Å². The second-order valence-electron chi connectivity index (χ2n) is 31.1. The van der Waals surface area contributed by atoms with E-state index in [1.807, 2.05) is 235 Å². The number of carbonyl (C=O) groups excluding carboxylic acids is 4. The van der Waals surface area contributed by atoms with Crippen molar-refractivity contribution in [3.05, 3.63) is 334 Å². The van der Waals surface area contributed by atoms with E-state index in [0.29, 0.717) is 47.1 Å². The quantitative estimate of drug-likeness (QED) is 0.0355. The molecule has 0 saturated carbocycles. The number of hydrogen-bond donors (Lipinski definition) is 2. The van der Waals surface area contributed by atoms with Gasteiger partial charge in [0.05, 0.1) is 56.8 Å². The minimum Gasteiger partial charge on any atom is -0.488 e. The maximum absolute atomic E-state index is 13.7. The van der Waals surface area contributed by atoms with Gasteiger partial charge in [-0.15, -0.1) is 0 Å². The molecule has 2 N–H and O–H groups in total. The van der Waals surface area contributed by atoms with Crippen LogP contribution in [0.4, 0.5) is 21.0 Å². The van der Waals surface area contributed by atoms with Crippen LogP contribution in [-0.2, 0) is 68.7 Å². The summed E-state index contributed by atoms with van der Waals surface area (Å²) in [4.78, 5) is 62.1. The summed E-state index contributed by atoms with van der Waals surface area (Å²) in [6.07, 6.45) is -1.76. The van der Waals surface area contributed by atoms with Crippen molar-refractivity contribution in [1.29, 1.82) is 0 Å². The first-order valence-corrected chi connectivity index (χ1v) is 37.9. The maximum atomic E-state index is 13.7. The second kappa shape index (κ2) is 28.5. The molecule has 18 rings (SSSR count).